The number of fused-ring (bicyclic) bond motifs is 2. The number of alkyl halides is 3. The SMILES string of the molecule is CN1C[C@H](c2cccc([N+](=O)[O-])c2)[C@H](C(=O)c2ccncc2)[C@]12C(=O)Nc1c(C(F)(F)F)cccc12. The fraction of sp³-hybridized carbons (Fsp3) is 0.240. The van der Waals surface area contributed by atoms with E-state index in [-0.39, 0.29) is 29.0 Å². The number of aromatic nitrogens is 1. The number of Topliss-reactive ketones (excluding diaryl/α,β-unsaturated/α-hetero) is 1. The van der Waals surface area contributed by atoms with Crippen LogP contribution in [-0.2, 0) is 16.5 Å². The second-order valence-electron chi connectivity index (χ2n) is 8.86. The summed E-state index contributed by atoms with van der Waals surface area (Å²) in [6, 6.07) is 12.2. The Morgan fingerprint density at radius 3 is 2.53 bits per heavy atom. The number of ketones is 1. The number of halogens is 3. The summed E-state index contributed by atoms with van der Waals surface area (Å²) in [5.74, 6) is -3.12. The van der Waals surface area contributed by atoms with E-state index in [0.717, 1.165) is 6.07 Å². The van der Waals surface area contributed by atoms with Crippen molar-refractivity contribution in [3.05, 3.63) is 99.4 Å². The molecule has 1 saturated heterocycles. The summed E-state index contributed by atoms with van der Waals surface area (Å²) in [7, 11) is 1.57. The molecule has 1 N–H and O–H groups in total. The number of amides is 1. The summed E-state index contributed by atoms with van der Waals surface area (Å²) in [6.45, 7) is 0.103. The van der Waals surface area contributed by atoms with Crippen LogP contribution in [0.1, 0.15) is 33.0 Å². The minimum absolute atomic E-state index is 0.0464. The van der Waals surface area contributed by atoms with Crippen LogP contribution in [0.3, 0.4) is 0 Å². The highest BCUT2D eigenvalue weighted by Crippen LogP contribution is 2.57. The van der Waals surface area contributed by atoms with Gasteiger partial charge in [-0.25, -0.2) is 0 Å². The van der Waals surface area contributed by atoms with Crippen LogP contribution in [0.5, 0.6) is 0 Å². The number of para-hydroxylation sites is 1. The number of anilines is 1. The van der Waals surface area contributed by atoms with Crippen LogP contribution in [0, 0.1) is 16.0 Å². The van der Waals surface area contributed by atoms with E-state index in [4.69, 9.17) is 0 Å². The lowest BCUT2D eigenvalue weighted by atomic mass is 9.70. The second-order valence-corrected chi connectivity index (χ2v) is 8.86. The maximum absolute atomic E-state index is 14.0. The Morgan fingerprint density at radius 2 is 1.86 bits per heavy atom. The third-order valence-corrected chi connectivity index (χ3v) is 7.05. The van der Waals surface area contributed by atoms with Crippen LogP contribution in [0.4, 0.5) is 24.5 Å². The largest absolute Gasteiger partial charge is 0.418 e. The number of nitrogens with zero attached hydrogens (tertiary/aromatic N) is 3. The third-order valence-electron chi connectivity index (χ3n) is 7.05. The molecule has 1 aromatic heterocycles. The topological polar surface area (TPSA) is 105 Å². The first-order valence-corrected chi connectivity index (χ1v) is 11.0. The predicted octanol–water partition coefficient (Wildman–Crippen LogP) is 4.38. The van der Waals surface area contributed by atoms with Gasteiger partial charge in [0.05, 0.1) is 22.1 Å². The molecule has 3 atom stereocenters. The first kappa shape index (κ1) is 23.6. The van der Waals surface area contributed by atoms with Crippen LogP contribution in [-0.4, -0.2) is 40.1 Å². The maximum atomic E-state index is 14.0. The number of hydrogen-bond donors (Lipinski definition) is 1. The van der Waals surface area contributed by atoms with Gasteiger partial charge in [-0.2, -0.15) is 13.2 Å². The molecule has 1 spiro atoms. The van der Waals surface area contributed by atoms with Gasteiger partial charge in [-0.1, -0.05) is 24.3 Å². The van der Waals surface area contributed by atoms with E-state index >= 15 is 0 Å². The van der Waals surface area contributed by atoms with Crippen LogP contribution >= 0.6 is 0 Å². The van der Waals surface area contributed by atoms with Crippen molar-refractivity contribution < 1.29 is 27.7 Å². The number of likely N-dealkylation sites (N-methyl/N-ethyl adjacent to an activating group) is 1. The van der Waals surface area contributed by atoms with Crippen molar-refractivity contribution in [1.82, 2.24) is 9.88 Å². The average molecular weight is 496 g/mol. The van der Waals surface area contributed by atoms with Gasteiger partial charge < -0.3 is 5.32 Å². The molecule has 8 nitrogen and oxygen atoms in total. The van der Waals surface area contributed by atoms with E-state index in [1.165, 1.54) is 54.9 Å². The highest BCUT2D eigenvalue weighted by Gasteiger charge is 2.65. The van der Waals surface area contributed by atoms with E-state index in [1.54, 1.807) is 18.0 Å². The molecule has 0 saturated carbocycles. The molecule has 1 fully saturated rings. The van der Waals surface area contributed by atoms with E-state index in [1.807, 2.05) is 0 Å². The Balaban J connectivity index is 1.76. The van der Waals surface area contributed by atoms with E-state index < -0.39 is 45.7 Å². The third kappa shape index (κ3) is 3.38. The number of benzene rings is 2. The number of likely N-dealkylation sites (tertiary alicyclic amines) is 1. The van der Waals surface area contributed by atoms with Crippen LogP contribution in [0.15, 0.2) is 67.0 Å². The molecule has 5 rings (SSSR count). The van der Waals surface area contributed by atoms with Gasteiger partial charge in [-0.15, -0.1) is 0 Å². The van der Waals surface area contributed by atoms with Gasteiger partial charge in [-0.05, 0) is 30.8 Å². The molecule has 36 heavy (non-hydrogen) atoms. The highest BCUT2D eigenvalue weighted by atomic mass is 19.4. The van der Waals surface area contributed by atoms with Gasteiger partial charge >= 0.3 is 6.18 Å². The summed E-state index contributed by atoms with van der Waals surface area (Å²) < 4.78 is 41.5. The molecule has 11 heteroatoms. The molecular weight excluding hydrogens is 477 g/mol. The molecular formula is C25H19F3N4O4. The zero-order chi connectivity index (χ0) is 25.8. The lowest BCUT2D eigenvalue weighted by Gasteiger charge is -2.35. The van der Waals surface area contributed by atoms with Crippen molar-refractivity contribution in [2.75, 3.05) is 18.9 Å². The van der Waals surface area contributed by atoms with Gasteiger partial charge in [-0.3, -0.25) is 29.6 Å². The molecule has 0 aliphatic carbocycles. The van der Waals surface area contributed by atoms with Crippen molar-refractivity contribution in [2.24, 2.45) is 5.92 Å². The Hall–Kier alpha value is -4.12. The first-order valence-electron chi connectivity index (χ1n) is 11.0. The molecule has 0 radical (unpaired) electrons. The molecule has 184 valence electrons. The molecule has 1 amide bonds. The normalized spacial score (nSPS) is 23.5. The zero-order valence-electron chi connectivity index (χ0n) is 18.8. The second kappa shape index (κ2) is 8.23. The van der Waals surface area contributed by atoms with Crippen LogP contribution in [0.2, 0.25) is 0 Å². The molecule has 2 aromatic carbocycles. The summed E-state index contributed by atoms with van der Waals surface area (Å²) in [4.78, 5) is 44.0. The van der Waals surface area contributed by atoms with E-state index in [2.05, 4.69) is 10.3 Å². The van der Waals surface area contributed by atoms with Crippen LogP contribution < -0.4 is 5.32 Å². The summed E-state index contributed by atoms with van der Waals surface area (Å²) in [5.41, 5.74) is -2.62. The Bertz CT molecular complexity index is 1400. The van der Waals surface area contributed by atoms with E-state index in [0.29, 0.717) is 5.56 Å². The van der Waals surface area contributed by atoms with Gasteiger partial charge in [0, 0.05) is 48.1 Å². The highest BCUT2D eigenvalue weighted by molar-refractivity contribution is 6.12. The average Bonchev–Trinajstić information content (AvgIpc) is 3.33. The zero-order valence-corrected chi connectivity index (χ0v) is 18.8. The molecule has 2 aliphatic rings. The smallest absolute Gasteiger partial charge is 0.323 e. The number of pyridine rings is 1. The standard InChI is InChI=1S/C25H19F3N4O4/c1-31-13-17(15-4-2-5-16(12-15)32(35)36)20(22(33)14-8-10-29-11-9-14)24(31)18-6-3-7-19(25(26,27)28)21(18)30-23(24)34/h2-12,17,20H,13H2,1H3,(H,30,34)/t17-,20-,24-/m1/s1. The number of hydrogen-bond acceptors (Lipinski definition) is 6. The quantitative estimate of drug-likeness (QED) is 0.327. The van der Waals surface area contributed by atoms with Crippen molar-refractivity contribution in [3.8, 4) is 0 Å². The lowest BCUT2D eigenvalue weighted by molar-refractivity contribution is -0.384. The van der Waals surface area contributed by atoms with E-state index in [9.17, 15) is 32.9 Å². The predicted molar refractivity (Wildman–Crippen MR) is 122 cm³/mol. The summed E-state index contributed by atoms with van der Waals surface area (Å²) in [6.07, 6.45) is -1.91. The van der Waals surface area contributed by atoms with Crippen LogP contribution in [0.25, 0.3) is 0 Å². The van der Waals surface area contributed by atoms with Crippen molar-refractivity contribution >= 4 is 23.1 Å². The van der Waals surface area contributed by atoms with Gasteiger partial charge in [0.1, 0.15) is 5.54 Å². The fourth-order valence-electron chi connectivity index (χ4n) is 5.57. The number of nitro groups is 1. The molecule has 3 aromatic rings. The maximum Gasteiger partial charge on any atom is 0.418 e. The number of non-ortho nitro benzene ring substituents is 1. The number of nitro benzene ring substituents is 1. The first-order chi connectivity index (χ1) is 17.1. The molecule has 0 unspecified atom stereocenters. The monoisotopic (exact) mass is 496 g/mol. The number of carbonyl (C=O) groups is 2. The van der Waals surface area contributed by atoms with Gasteiger partial charge in [0.25, 0.3) is 5.69 Å². The minimum Gasteiger partial charge on any atom is -0.323 e. The Morgan fingerprint density at radius 1 is 1.17 bits per heavy atom. The molecule has 2 aliphatic heterocycles. The fourth-order valence-corrected chi connectivity index (χ4v) is 5.57. The number of carbonyl (C=O) groups excluding carboxylic acids is 2. The summed E-state index contributed by atoms with van der Waals surface area (Å²) >= 11 is 0. The minimum atomic E-state index is -4.73. The molecule has 0 bridgehead atoms. The summed E-state index contributed by atoms with van der Waals surface area (Å²) in [5, 5.41) is 13.8. The number of nitrogens with one attached hydrogen (secondary N) is 1. The van der Waals surface area contributed by atoms with Crippen molar-refractivity contribution in [2.45, 2.75) is 17.6 Å². The van der Waals surface area contributed by atoms with Gasteiger partial charge in [0.2, 0.25) is 5.91 Å². The van der Waals surface area contributed by atoms with Gasteiger partial charge in [0.15, 0.2) is 5.78 Å². The lowest BCUT2D eigenvalue weighted by Crippen LogP contribution is -2.51. The number of rotatable bonds is 4. The molecule has 3 heterocycles. The Labute approximate surface area is 202 Å². The van der Waals surface area contributed by atoms with Crippen molar-refractivity contribution in [1.29, 1.82) is 0 Å². The van der Waals surface area contributed by atoms with Crippen molar-refractivity contribution in [3.63, 3.8) is 0 Å². The Kier molecular flexibility index (Phi) is 5.40.